The highest BCUT2D eigenvalue weighted by molar-refractivity contribution is 7.99. The van der Waals surface area contributed by atoms with Gasteiger partial charge in [-0.05, 0) is 18.2 Å². The Balaban J connectivity index is 2.01. The Morgan fingerprint density at radius 3 is 3.05 bits per heavy atom. The van der Waals surface area contributed by atoms with E-state index in [0.29, 0.717) is 0 Å². The maximum Gasteiger partial charge on any atom is 0.150 e. The zero-order chi connectivity index (χ0) is 13.9. The van der Waals surface area contributed by atoms with E-state index in [0.717, 1.165) is 27.9 Å². The number of aromatic amines is 1. The lowest BCUT2D eigenvalue weighted by Gasteiger charge is -2.01. The Labute approximate surface area is 127 Å². The molecule has 0 fully saturated rings. The summed E-state index contributed by atoms with van der Waals surface area (Å²) in [5.41, 5.74) is 3.04. The normalized spacial score (nSPS) is 11.3. The van der Waals surface area contributed by atoms with Crippen LogP contribution in [-0.4, -0.2) is 24.9 Å². The van der Waals surface area contributed by atoms with Gasteiger partial charge in [-0.1, -0.05) is 26.2 Å². The number of nitrogens with one attached hydrogen (secondary N) is 1. The zero-order valence-electron chi connectivity index (χ0n) is 11.2. The van der Waals surface area contributed by atoms with Crippen LogP contribution in [0.2, 0.25) is 0 Å². The largest absolute Gasteiger partial charge is 0.285 e. The molecule has 4 nitrogen and oxygen atoms in total. The van der Waals surface area contributed by atoms with E-state index >= 15 is 0 Å². The fourth-order valence-corrected chi connectivity index (χ4v) is 3.39. The maximum atomic E-state index is 4.53. The Kier molecular flexibility index (Phi) is 4.03. The van der Waals surface area contributed by atoms with Crippen molar-refractivity contribution >= 4 is 35.6 Å². The molecule has 1 N–H and O–H groups in total. The van der Waals surface area contributed by atoms with Gasteiger partial charge in [-0.2, -0.15) is 5.10 Å². The summed E-state index contributed by atoms with van der Waals surface area (Å²) in [5, 5.41) is 7.98. The Morgan fingerprint density at radius 1 is 1.40 bits per heavy atom. The van der Waals surface area contributed by atoms with E-state index in [2.05, 4.69) is 41.0 Å². The predicted molar refractivity (Wildman–Crippen MR) is 87.3 cm³/mol. The van der Waals surface area contributed by atoms with E-state index in [1.165, 1.54) is 17.7 Å². The van der Waals surface area contributed by atoms with Crippen molar-refractivity contribution in [2.24, 2.45) is 0 Å². The van der Waals surface area contributed by atoms with Crippen LogP contribution in [-0.2, 0) is 0 Å². The summed E-state index contributed by atoms with van der Waals surface area (Å²) in [5.74, 6) is 1.13. The summed E-state index contributed by atoms with van der Waals surface area (Å²) in [6.07, 6.45) is 10.1. The summed E-state index contributed by atoms with van der Waals surface area (Å²) < 4.78 is 1.76. The minimum Gasteiger partial charge on any atom is -0.285 e. The number of thiol groups is 1. The molecule has 3 aromatic rings. The number of rotatable bonds is 5. The van der Waals surface area contributed by atoms with Crippen LogP contribution in [0.25, 0.3) is 22.2 Å². The third-order valence-electron chi connectivity index (χ3n) is 3.18. The second-order valence-corrected chi connectivity index (χ2v) is 6.22. The molecule has 0 aliphatic heterocycles. The van der Waals surface area contributed by atoms with Gasteiger partial charge in [-0.15, -0.1) is 11.8 Å². The molecule has 20 heavy (non-hydrogen) atoms. The average Bonchev–Trinajstić information content (AvgIpc) is 3.07. The van der Waals surface area contributed by atoms with Gasteiger partial charge in [0.05, 0.1) is 6.20 Å². The Bertz CT molecular complexity index is 703. The molecule has 0 aliphatic rings. The first kappa shape index (κ1) is 13.6. The number of hydrogen-bond acceptors (Lipinski definition) is 4. The first-order valence-corrected chi connectivity index (χ1v) is 8.00. The third-order valence-corrected chi connectivity index (χ3v) is 4.53. The van der Waals surface area contributed by atoms with Crippen LogP contribution < -0.4 is 0 Å². The highest BCUT2D eigenvalue weighted by atomic mass is 32.2. The number of hydrogen-bond donors (Lipinski definition) is 2. The van der Waals surface area contributed by atoms with E-state index in [4.69, 9.17) is 0 Å². The molecule has 0 unspecified atom stereocenters. The van der Waals surface area contributed by atoms with E-state index in [9.17, 15) is 0 Å². The molecular formula is C14H16N4S2. The fraction of sp³-hybridized carbons (Fsp3) is 0.286. The Morgan fingerprint density at radius 2 is 2.30 bits per heavy atom. The number of H-pyrrole nitrogens is 1. The van der Waals surface area contributed by atoms with E-state index in [1.54, 1.807) is 3.97 Å². The van der Waals surface area contributed by atoms with Crippen molar-refractivity contribution in [3.8, 4) is 11.1 Å². The van der Waals surface area contributed by atoms with Gasteiger partial charge in [-0.25, -0.2) is 4.98 Å². The fourth-order valence-electron chi connectivity index (χ4n) is 2.11. The quantitative estimate of drug-likeness (QED) is 0.425. The van der Waals surface area contributed by atoms with Crippen LogP contribution in [0.5, 0.6) is 0 Å². The minimum atomic E-state index is 0.879. The number of pyridine rings is 1. The van der Waals surface area contributed by atoms with E-state index in [1.807, 2.05) is 36.5 Å². The molecule has 0 atom stereocenters. The van der Waals surface area contributed by atoms with Crippen molar-refractivity contribution in [1.82, 2.24) is 19.2 Å². The molecule has 3 heterocycles. The maximum absolute atomic E-state index is 4.53. The SMILES string of the molecule is CCCCSc1cnc2c(c1)c(-c1cn[nH]c1)cn2S. The highest BCUT2D eigenvalue weighted by Gasteiger charge is 2.11. The molecule has 0 spiro atoms. The van der Waals surface area contributed by atoms with Crippen LogP contribution in [0.15, 0.2) is 35.7 Å². The standard InChI is InChI=1S/C14H16N4S2/c1-2-3-4-20-11-5-12-13(10-6-16-17-7-10)9-18(19)14(12)15-8-11/h5-9,19H,2-4H2,1H3,(H,16,17). The number of aromatic nitrogens is 4. The van der Waals surface area contributed by atoms with Gasteiger partial charge in [0.1, 0.15) is 5.65 Å². The number of nitrogens with zero attached hydrogens (tertiary/aromatic N) is 3. The Hall–Kier alpha value is -1.40. The van der Waals surface area contributed by atoms with Gasteiger partial charge >= 0.3 is 0 Å². The average molecular weight is 304 g/mol. The topological polar surface area (TPSA) is 46.5 Å². The van der Waals surface area contributed by atoms with Gasteiger partial charge in [0.15, 0.2) is 0 Å². The molecular weight excluding hydrogens is 288 g/mol. The monoisotopic (exact) mass is 304 g/mol. The van der Waals surface area contributed by atoms with Crippen LogP contribution in [0.4, 0.5) is 0 Å². The van der Waals surface area contributed by atoms with Crippen molar-refractivity contribution < 1.29 is 0 Å². The lowest BCUT2D eigenvalue weighted by atomic mass is 10.1. The molecule has 3 rings (SSSR count). The highest BCUT2D eigenvalue weighted by Crippen LogP contribution is 2.32. The summed E-state index contributed by atoms with van der Waals surface area (Å²) >= 11 is 6.29. The molecule has 6 heteroatoms. The lowest BCUT2D eigenvalue weighted by molar-refractivity contribution is 0.896. The van der Waals surface area contributed by atoms with Crippen LogP contribution in [0.3, 0.4) is 0 Å². The molecule has 0 radical (unpaired) electrons. The van der Waals surface area contributed by atoms with Crippen LogP contribution in [0.1, 0.15) is 19.8 Å². The van der Waals surface area contributed by atoms with Crippen LogP contribution >= 0.6 is 24.6 Å². The molecule has 0 saturated carbocycles. The first-order valence-electron chi connectivity index (χ1n) is 6.62. The molecule has 0 bridgehead atoms. The van der Waals surface area contributed by atoms with E-state index in [-0.39, 0.29) is 0 Å². The van der Waals surface area contributed by atoms with Crippen LogP contribution in [0, 0.1) is 0 Å². The van der Waals surface area contributed by atoms with E-state index < -0.39 is 0 Å². The smallest absolute Gasteiger partial charge is 0.150 e. The lowest BCUT2D eigenvalue weighted by Crippen LogP contribution is -1.84. The van der Waals surface area contributed by atoms with Gasteiger partial charge < -0.3 is 0 Å². The molecule has 3 aromatic heterocycles. The zero-order valence-corrected chi connectivity index (χ0v) is 12.9. The van der Waals surface area contributed by atoms with Gasteiger partial charge in [-0.3, -0.25) is 9.07 Å². The summed E-state index contributed by atoms with van der Waals surface area (Å²) in [4.78, 5) is 5.73. The second kappa shape index (κ2) is 5.93. The van der Waals surface area contributed by atoms with Crippen molar-refractivity contribution in [3.05, 3.63) is 30.9 Å². The minimum absolute atomic E-state index is 0.879. The molecule has 104 valence electrons. The number of thioether (sulfide) groups is 1. The number of unbranched alkanes of at least 4 members (excludes halogenated alkanes) is 1. The first-order chi connectivity index (χ1) is 9.79. The van der Waals surface area contributed by atoms with Crippen molar-refractivity contribution in [1.29, 1.82) is 0 Å². The molecule has 0 aromatic carbocycles. The molecule has 0 amide bonds. The summed E-state index contributed by atoms with van der Waals surface area (Å²) in [7, 11) is 0. The van der Waals surface area contributed by atoms with Gasteiger partial charge in [0, 0.05) is 40.0 Å². The summed E-state index contributed by atoms with van der Waals surface area (Å²) in [6, 6.07) is 2.19. The molecule has 0 aliphatic carbocycles. The van der Waals surface area contributed by atoms with Crippen molar-refractivity contribution in [3.63, 3.8) is 0 Å². The second-order valence-electron chi connectivity index (χ2n) is 4.62. The third kappa shape index (κ3) is 2.58. The van der Waals surface area contributed by atoms with Gasteiger partial charge in [0.25, 0.3) is 0 Å². The summed E-state index contributed by atoms with van der Waals surface area (Å²) in [6.45, 7) is 2.21. The van der Waals surface area contributed by atoms with Crippen molar-refractivity contribution in [2.75, 3.05) is 5.75 Å². The van der Waals surface area contributed by atoms with Gasteiger partial charge in [0.2, 0.25) is 0 Å². The molecule has 0 saturated heterocycles. The predicted octanol–water partition coefficient (Wildman–Crippen LogP) is 4.01. The van der Waals surface area contributed by atoms with Crippen molar-refractivity contribution in [2.45, 2.75) is 24.7 Å². The number of fused-ring (bicyclic) bond motifs is 1.